The summed E-state index contributed by atoms with van der Waals surface area (Å²) in [5.41, 5.74) is 4.85. The molecule has 1 unspecified atom stereocenters. The van der Waals surface area contributed by atoms with Gasteiger partial charge in [-0.05, 0) is 26.2 Å². The minimum absolute atomic E-state index is 0.00838. The molecule has 6 nitrogen and oxygen atoms in total. The van der Waals surface area contributed by atoms with E-state index >= 15 is 0 Å². The second kappa shape index (κ2) is 6.04. The van der Waals surface area contributed by atoms with Gasteiger partial charge in [0.2, 0.25) is 5.91 Å². The van der Waals surface area contributed by atoms with Gasteiger partial charge in [0.1, 0.15) is 5.41 Å². The number of oxime groups is 1. The molecule has 0 aliphatic carbocycles. The molecule has 1 aliphatic rings. The minimum atomic E-state index is -0.912. The van der Waals surface area contributed by atoms with E-state index in [2.05, 4.69) is 5.16 Å². The Kier molecular flexibility index (Phi) is 4.95. The number of rotatable bonds is 4. The van der Waals surface area contributed by atoms with Crippen LogP contribution in [0.3, 0.4) is 0 Å². The van der Waals surface area contributed by atoms with Gasteiger partial charge >= 0.3 is 0 Å². The summed E-state index contributed by atoms with van der Waals surface area (Å²) in [7, 11) is 1.76. The lowest BCUT2D eigenvalue weighted by Crippen LogP contribution is -2.54. The standard InChI is InChI=1S/C12H23N3O3/c1-4-9(2)15(3)11(16)12(10(13)14-17)5-7-18-8-6-12/h9,17H,4-8H2,1-3H3,(H2,13,14). The molecule has 1 aliphatic heterocycles. The molecule has 1 heterocycles. The maximum atomic E-state index is 12.6. The highest BCUT2D eigenvalue weighted by Gasteiger charge is 2.46. The third-order valence-corrected chi connectivity index (χ3v) is 3.93. The summed E-state index contributed by atoms with van der Waals surface area (Å²) in [4.78, 5) is 14.3. The minimum Gasteiger partial charge on any atom is -0.409 e. The van der Waals surface area contributed by atoms with Crippen LogP contribution in [0.25, 0.3) is 0 Å². The van der Waals surface area contributed by atoms with E-state index in [0.29, 0.717) is 26.1 Å². The average Bonchev–Trinajstić information content (AvgIpc) is 2.44. The van der Waals surface area contributed by atoms with Gasteiger partial charge in [0.15, 0.2) is 5.84 Å². The Hall–Kier alpha value is -1.30. The number of ether oxygens (including phenoxy) is 1. The Labute approximate surface area is 108 Å². The lowest BCUT2D eigenvalue weighted by atomic mass is 9.77. The number of hydrogen-bond donors (Lipinski definition) is 2. The zero-order chi connectivity index (χ0) is 13.8. The molecule has 104 valence electrons. The topological polar surface area (TPSA) is 88.2 Å². The number of nitrogens with two attached hydrogens (primary N) is 1. The van der Waals surface area contributed by atoms with Crippen molar-refractivity contribution in [3.63, 3.8) is 0 Å². The van der Waals surface area contributed by atoms with Gasteiger partial charge in [-0.25, -0.2) is 0 Å². The van der Waals surface area contributed by atoms with Crippen LogP contribution in [0.15, 0.2) is 5.16 Å². The second-order valence-electron chi connectivity index (χ2n) is 4.85. The summed E-state index contributed by atoms with van der Waals surface area (Å²) in [6.45, 7) is 4.92. The molecule has 0 aromatic carbocycles. The SMILES string of the molecule is CCC(C)N(C)C(=O)C1(C(N)=NO)CCOCC1. The fraction of sp³-hybridized carbons (Fsp3) is 0.833. The molecule has 18 heavy (non-hydrogen) atoms. The van der Waals surface area contributed by atoms with Gasteiger partial charge in [-0.2, -0.15) is 0 Å². The van der Waals surface area contributed by atoms with Gasteiger partial charge in [-0.3, -0.25) is 4.79 Å². The Balaban J connectivity index is 3.00. The van der Waals surface area contributed by atoms with Crippen LogP contribution in [0.1, 0.15) is 33.1 Å². The van der Waals surface area contributed by atoms with Crippen molar-refractivity contribution in [2.24, 2.45) is 16.3 Å². The molecule has 1 atom stereocenters. The van der Waals surface area contributed by atoms with Crippen LogP contribution < -0.4 is 5.73 Å². The van der Waals surface area contributed by atoms with Crippen molar-refractivity contribution in [1.82, 2.24) is 4.90 Å². The van der Waals surface area contributed by atoms with E-state index < -0.39 is 5.41 Å². The summed E-state index contributed by atoms with van der Waals surface area (Å²) in [5, 5.41) is 12.0. The lowest BCUT2D eigenvalue weighted by molar-refractivity contribution is -0.143. The van der Waals surface area contributed by atoms with Crippen LogP contribution in [0.4, 0.5) is 0 Å². The fourth-order valence-corrected chi connectivity index (χ4v) is 2.21. The van der Waals surface area contributed by atoms with Crippen molar-refractivity contribution >= 4 is 11.7 Å². The second-order valence-corrected chi connectivity index (χ2v) is 4.85. The van der Waals surface area contributed by atoms with Crippen LogP contribution in [-0.2, 0) is 9.53 Å². The molecule has 0 saturated carbocycles. The van der Waals surface area contributed by atoms with E-state index in [0.717, 1.165) is 6.42 Å². The predicted octanol–water partition coefficient (Wildman–Crippen LogP) is 0.786. The molecule has 0 aromatic rings. The van der Waals surface area contributed by atoms with Crippen LogP contribution in [0.2, 0.25) is 0 Å². The molecule has 0 radical (unpaired) electrons. The van der Waals surface area contributed by atoms with Crippen LogP contribution in [0, 0.1) is 5.41 Å². The van der Waals surface area contributed by atoms with Crippen molar-refractivity contribution in [1.29, 1.82) is 0 Å². The molecule has 0 spiro atoms. The predicted molar refractivity (Wildman–Crippen MR) is 68.4 cm³/mol. The van der Waals surface area contributed by atoms with Gasteiger partial charge in [0.25, 0.3) is 0 Å². The first-order valence-electron chi connectivity index (χ1n) is 6.32. The Morgan fingerprint density at radius 1 is 1.56 bits per heavy atom. The number of amidine groups is 1. The first-order chi connectivity index (χ1) is 8.49. The van der Waals surface area contributed by atoms with Gasteiger partial charge in [-0.1, -0.05) is 12.1 Å². The van der Waals surface area contributed by atoms with E-state index in [1.807, 2.05) is 13.8 Å². The highest BCUT2D eigenvalue weighted by atomic mass is 16.5. The first kappa shape index (κ1) is 14.8. The van der Waals surface area contributed by atoms with Crippen molar-refractivity contribution in [2.45, 2.75) is 39.2 Å². The quantitative estimate of drug-likeness (QED) is 0.337. The highest BCUT2D eigenvalue weighted by Crippen LogP contribution is 2.33. The number of carbonyl (C=O) groups is 1. The molecule has 1 fully saturated rings. The Morgan fingerprint density at radius 2 is 2.11 bits per heavy atom. The Morgan fingerprint density at radius 3 is 2.56 bits per heavy atom. The molecule has 0 aromatic heterocycles. The molecule has 1 saturated heterocycles. The summed E-state index contributed by atoms with van der Waals surface area (Å²) in [5.74, 6) is -0.0959. The summed E-state index contributed by atoms with van der Waals surface area (Å²) in [6, 6.07) is 0.128. The average molecular weight is 257 g/mol. The largest absolute Gasteiger partial charge is 0.409 e. The molecule has 6 heteroatoms. The molecular weight excluding hydrogens is 234 g/mol. The van der Waals surface area contributed by atoms with E-state index in [1.165, 1.54) is 0 Å². The number of amides is 1. The maximum Gasteiger partial charge on any atom is 0.236 e. The summed E-state index contributed by atoms with van der Waals surface area (Å²) in [6.07, 6.45) is 1.79. The van der Waals surface area contributed by atoms with Crippen LogP contribution in [0.5, 0.6) is 0 Å². The summed E-state index contributed by atoms with van der Waals surface area (Å²) >= 11 is 0. The Bertz CT molecular complexity index is 325. The smallest absolute Gasteiger partial charge is 0.236 e. The zero-order valence-electron chi connectivity index (χ0n) is 11.3. The lowest BCUT2D eigenvalue weighted by Gasteiger charge is -2.39. The third kappa shape index (κ3) is 2.58. The summed E-state index contributed by atoms with van der Waals surface area (Å²) < 4.78 is 5.27. The van der Waals surface area contributed by atoms with Crippen molar-refractivity contribution < 1.29 is 14.7 Å². The monoisotopic (exact) mass is 257 g/mol. The molecule has 0 bridgehead atoms. The van der Waals surface area contributed by atoms with Crippen molar-refractivity contribution in [3.05, 3.63) is 0 Å². The van der Waals surface area contributed by atoms with Gasteiger partial charge in [0.05, 0.1) is 0 Å². The van der Waals surface area contributed by atoms with Gasteiger partial charge in [0, 0.05) is 26.3 Å². The maximum absolute atomic E-state index is 12.6. The number of nitrogens with zero attached hydrogens (tertiary/aromatic N) is 2. The number of carbonyl (C=O) groups excluding carboxylic acids is 1. The molecular formula is C12H23N3O3. The first-order valence-corrected chi connectivity index (χ1v) is 6.32. The highest BCUT2D eigenvalue weighted by molar-refractivity contribution is 6.06. The van der Waals surface area contributed by atoms with Crippen molar-refractivity contribution in [3.8, 4) is 0 Å². The molecule has 1 amide bonds. The molecule has 1 rings (SSSR count). The van der Waals surface area contributed by atoms with E-state index in [9.17, 15) is 4.79 Å². The van der Waals surface area contributed by atoms with E-state index in [4.69, 9.17) is 15.7 Å². The fourth-order valence-electron chi connectivity index (χ4n) is 2.21. The van der Waals surface area contributed by atoms with E-state index in [-0.39, 0.29) is 17.8 Å². The number of hydrogen-bond acceptors (Lipinski definition) is 4. The van der Waals surface area contributed by atoms with Gasteiger partial charge in [-0.15, -0.1) is 0 Å². The van der Waals surface area contributed by atoms with E-state index in [1.54, 1.807) is 11.9 Å². The zero-order valence-corrected chi connectivity index (χ0v) is 11.3. The van der Waals surface area contributed by atoms with Crippen LogP contribution >= 0.6 is 0 Å². The third-order valence-electron chi connectivity index (χ3n) is 3.93. The van der Waals surface area contributed by atoms with Crippen molar-refractivity contribution in [2.75, 3.05) is 20.3 Å². The van der Waals surface area contributed by atoms with Gasteiger partial charge < -0.3 is 20.6 Å². The molecule has 3 N–H and O–H groups in total. The normalized spacial score (nSPS) is 21.4. The van der Waals surface area contributed by atoms with Crippen LogP contribution in [-0.4, -0.2) is 48.2 Å².